The van der Waals surface area contributed by atoms with Crippen LogP contribution in [0.25, 0.3) is 0 Å². The van der Waals surface area contributed by atoms with E-state index in [-0.39, 0.29) is 0 Å². The number of carbonyl (C=O) groups excluding carboxylic acids is 2. The van der Waals surface area contributed by atoms with E-state index in [0.717, 1.165) is 5.56 Å². The molecule has 84 valence electrons. The van der Waals surface area contributed by atoms with Crippen LogP contribution in [-0.2, 0) is 20.7 Å². The summed E-state index contributed by atoms with van der Waals surface area (Å²) in [5, 5.41) is 0. The third-order valence-corrected chi connectivity index (χ3v) is 2.09. The fourth-order valence-corrected chi connectivity index (χ4v) is 1.26. The highest BCUT2D eigenvalue weighted by atomic mass is 16.5. The van der Waals surface area contributed by atoms with E-state index >= 15 is 0 Å². The van der Waals surface area contributed by atoms with Crippen molar-refractivity contribution in [3.05, 3.63) is 29.8 Å². The molecule has 0 saturated heterocycles. The lowest BCUT2D eigenvalue weighted by molar-refractivity contribution is -0.142. The fraction of sp³-hybridized carbons (Fsp3) is 0.273. The Morgan fingerprint density at radius 2 is 2.12 bits per heavy atom. The van der Waals surface area contributed by atoms with E-state index < -0.39 is 12.0 Å². The molecule has 5 nitrogen and oxygen atoms in total. The van der Waals surface area contributed by atoms with Crippen LogP contribution in [0.5, 0.6) is 0 Å². The maximum Gasteiger partial charge on any atom is 0.331 e. The Labute approximate surface area is 92.9 Å². The van der Waals surface area contributed by atoms with Gasteiger partial charge in [0.25, 0.3) is 0 Å². The quantitative estimate of drug-likeness (QED) is 0.350. The van der Waals surface area contributed by atoms with Gasteiger partial charge < -0.3 is 10.5 Å². The number of anilines is 1. The highest BCUT2D eigenvalue weighted by Crippen LogP contribution is 2.10. The minimum Gasteiger partial charge on any atom is -0.467 e. The normalized spacial score (nSPS) is 11.3. The van der Waals surface area contributed by atoms with Gasteiger partial charge in [-0.05, 0) is 17.7 Å². The highest BCUT2D eigenvalue weighted by molar-refractivity contribution is 5.77. The molecule has 2 N–H and O–H groups in total. The van der Waals surface area contributed by atoms with E-state index in [2.05, 4.69) is 9.73 Å². The zero-order valence-electron chi connectivity index (χ0n) is 8.84. The first-order valence-corrected chi connectivity index (χ1v) is 4.66. The van der Waals surface area contributed by atoms with Gasteiger partial charge in [-0.25, -0.2) is 9.59 Å². The molecule has 0 aromatic heterocycles. The van der Waals surface area contributed by atoms with Gasteiger partial charge in [-0.1, -0.05) is 12.1 Å². The Morgan fingerprint density at radius 1 is 1.50 bits per heavy atom. The Hall–Kier alpha value is -2.13. The zero-order valence-corrected chi connectivity index (χ0v) is 8.84. The van der Waals surface area contributed by atoms with Gasteiger partial charge in [0.05, 0.1) is 7.11 Å². The van der Waals surface area contributed by atoms with Crippen LogP contribution in [0.4, 0.5) is 5.69 Å². The minimum atomic E-state index is -0.842. The molecule has 0 saturated carbocycles. The number of esters is 1. The third kappa shape index (κ3) is 3.22. The molecule has 1 aromatic carbocycles. The summed E-state index contributed by atoms with van der Waals surface area (Å²) in [6, 6.07) is 6.13. The number of rotatable bonds is 4. The lowest BCUT2D eigenvalue weighted by Gasteiger charge is -2.08. The highest BCUT2D eigenvalue weighted by Gasteiger charge is 2.18. The molecule has 16 heavy (non-hydrogen) atoms. The van der Waals surface area contributed by atoms with Crippen molar-refractivity contribution in [2.45, 2.75) is 12.5 Å². The second-order valence-electron chi connectivity index (χ2n) is 3.21. The van der Waals surface area contributed by atoms with Crippen LogP contribution in [0.2, 0.25) is 0 Å². The molecule has 0 heterocycles. The van der Waals surface area contributed by atoms with Crippen LogP contribution in [0.3, 0.4) is 0 Å². The standard InChI is InChI=1S/C11H12N2O3/c1-16-11(15)10(13-7-14)6-8-2-4-9(12)5-3-8/h2-5,10H,6,12H2,1H3. The van der Waals surface area contributed by atoms with E-state index in [0.29, 0.717) is 12.1 Å². The van der Waals surface area contributed by atoms with Crippen molar-refractivity contribution in [2.75, 3.05) is 12.8 Å². The molecule has 0 spiro atoms. The van der Waals surface area contributed by atoms with Crippen molar-refractivity contribution in [1.29, 1.82) is 0 Å². The number of carbonyl (C=O) groups is 1. The molecule has 1 rings (SSSR count). The van der Waals surface area contributed by atoms with Crippen molar-refractivity contribution < 1.29 is 14.3 Å². The summed E-state index contributed by atoms with van der Waals surface area (Å²) in [7, 11) is 1.25. The van der Waals surface area contributed by atoms with Crippen molar-refractivity contribution in [3.8, 4) is 0 Å². The molecule has 0 fully saturated rings. The summed E-state index contributed by atoms with van der Waals surface area (Å²) in [5.74, 6) is -0.555. The zero-order chi connectivity index (χ0) is 12.0. The van der Waals surface area contributed by atoms with Gasteiger partial charge in [0.15, 0.2) is 6.04 Å². The number of hydrogen-bond acceptors (Lipinski definition) is 5. The smallest absolute Gasteiger partial charge is 0.331 e. The number of aliphatic imine (C=N–C) groups is 1. The first kappa shape index (κ1) is 11.9. The average Bonchev–Trinajstić information content (AvgIpc) is 2.30. The number of methoxy groups -OCH3 is 1. The fourth-order valence-electron chi connectivity index (χ4n) is 1.26. The average molecular weight is 220 g/mol. The maximum absolute atomic E-state index is 11.3. The number of nitrogens with zero attached hydrogens (tertiary/aromatic N) is 1. The van der Waals surface area contributed by atoms with Gasteiger partial charge in [-0.3, -0.25) is 0 Å². The summed E-state index contributed by atoms with van der Waals surface area (Å²) in [4.78, 5) is 24.8. The van der Waals surface area contributed by atoms with Gasteiger partial charge in [0, 0.05) is 12.1 Å². The van der Waals surface area contributed by atoms with Gasteiger partial charge in [-0.2, -0.15) is 4.99 Å². The predicted molar refractivity (Wildman–Crippen MR) is 58.5 cm³/mol. The van der Waals surface area contributed by atoms with Crippen molar-refractivity contribution in [2.24, 2.45) is 4.99 Å². The van der Waals surface area contributed by atoms with Gasteiger partial charge >= 0.3 is 5.97 Å². The minimum absolute atomic E-state index is 0.294. The van der Waals surface area contributed by atoms with Crippen molar-refractivity contribution >= 4 is 17.7 Å². The topological polar surface area (TPSA) is 81.8 Å². The summed E-state index contributed by atoms with van der Waals surface area (Å²) in [6.45, 7) is 0. The number of ether oxygens (including phenoxy) is 1. The van der Waals surface area contributed by atoms with Crippen LogP contribution >= 0.6 is 0 Å². The second-order valence-corrected chi connectivity index (χ2v) is 3.21. The largest absolute Gasteiger partial charge is 0.467 e. The first-order valence-electron chi connectivity index (χ1n) is 4.66. The van der Waals surface area contributed by atoms with Gasteiger partial charge in [0.2, 0.25) is 6.08 Å². The molecular weight excluding hydrogens is 208 g/mol. The number of isocyanates is 1. The molecule has 1 unspecified atom stereocenters. The molecule has 0 aliphatic heterocycles. The molecule has 1 atom stereocenters. The lowest BCUT2D eigenvalue weighted by atomic mass is 10.1. The number of nitrogens with two attached hydrogens (primary N) is 1. The first-order chi connectivity index (χ1) is 7.67. The Morgan fingerprint density at radius 3 is 2.62 bits per heavy atom. The van der Waals surface area contributed by atoms with Crippen LogP contribution in [0.1, 0.15) is 5.56 Å². The Bertz CT molecular complexity index is 408. The SMILES string of the molecule is COC(=O)C(Cc1ccc(N)cc1)N=C=O. The van der Waals surface area contributed by atoms with Gasteiger partial charge in [0.1, 0.15) is 0 Å². The number of hydrogen-bond donors (Lipinski definition) is 1. The van der Waals surface area contributed by atoms with E-state index in [1.807, 2.05) is 0 Å². The van der Waals surface area contributed by atoms with Crippen LogP contribution in [0, 0.1) is 0 Å². The van der Waals surface area contributed by atoms with E-state index in [1.54, 1.807) is 24.3 Å². The number of benzene rings is 1. The van der Waals surface area contributed by atoms with E-state index in [4.69, 9.17) is 5.73 Å². The molecule has 0 bridgehead atoms. The molecular formula is C11H12N2O3. The second kappa shape index (κ2) is 5.68. The monoisotopic (exact) mass is 220 g/mol. The van der Waals surface area contributed by atoms with E-state index in [9.17, 15) is 9.59 Å². The van der Waals surface area contributed by atoms with Crippen LogP contribution in [0.15, 0.2) is 29.3 Å². The molecule has 1 aromatic rings. The molecule has 0 aliphatic carbocycles. The van der Waals surface area contributed by atoms with Crippen LogP contribution in [-0.4, -0.2) is 25.2 Å². The molecule has 0 aliphatic rings. The predicted octanol–water partition coefficient (Wildman–Crippen LogP) is 0.689. The summed E-state index contributed by atoms with van der Waals surface area (Å²) < 4.78 is 4.52. The van der Waals surface area contributed by atoms with Crippen molar-refractivity contribution in [1.82, 2.24) is 0 Å². The molecule has 5 heteroatoms. The van der Waals surface area contributed by atoms with Crippen molar-refractivity contribution in [3.63, 3.8) is 0 Å². The summed E-state index contributed by atoms with van der Waals surface area (Å²) in [6.07, 6.45) is 1.66. The maximum atomic E-state index is 11.3. The van der Waals surface area contributed by atoms with E-state index in [1.165, 1.54) is 13.2 Å². The van der Waals surface area contributed by atoms with Crippen LogP contribution < -0.4 is 5.73 Å². The summed E-state index contributed by atoms with van der Waals surface area (Å²) in [5.41, 5.74) is 7.01. The third-order valence-electron chi connectivity index (χ3n) is 2.09. The molecule has 0 amide bonds. The Balaban J connectivity index is 2.79. The number of nitrogen functional groups attached to an aromatic ring is 1. The summed E-state index contributed by atoms with van der Waals surface area (Å²) >= 11 is 0. The van der Waals surface area contributed by atoms with Gasteiger partial charge in [-0.15, -0.1) is 0 Å². The molecule has 0 radical (unpaired) electrons. The Kier molecular flexibility index (Phi) is 4.24. The lowest BCUT2D eigenvalue weighted by Crippen LogP contribution is -2.22.